The van der Waals surface area contributed by atoms with E-state index in [-0.39, 0.29) is 5.92 Å². The predicted octanol–water partition coefficient (Wildman–Crippen LogP) is 2.10. The molecule has 1 unspecified atom stereocenters. The molecule has 0 fully saturated rings. The maximum atomic E-state index is 10.3. The maximum Gasteiger partial charge on any atom is 0.123 e. The zero-order valence-corrected chi connectivity index (χ0v) is 6.05. The van der Waals surface area contributed by atoms with E-state index in [1.807, 2.05) is 6.08 Å². The summed E-state index contributed by atoms with van der Waals surface area (Å²) in [5.41, 5.74) is 1.29. The number of hydrogen-bond acceptors (Lipinski definition) is 1. The van der Waals surface area contributed by atoms with Gasteiger partial charge in [0, 0.05) is 5.92 Å². The SMILES string of the molecule is C=CC1=CCC(C=O)CC1. The van der Waals surface area contributed by atoms with Crippen LogP contribution in [-0.4, -0.2) is 6.29 Å². The molecule has 1 aliphatic carbocycles. The molecule has 0 radical (unpaired) electrons. The molecule has 1 nitrogen and oxygen atoms in total. The number of allylic oxidation sites excluding steroid dienone is 3. The molecule has 0 spiro atoms. The van der Waals surface area contributed by atoms with Crippen LogP contribution in [0.4, 0.5) is 0 Å². The van der Waals surface area contributed by atoms with Gasteiger partial charge in [-0.05, 0) is 19.3 Å². The van der Waals surface area contributed by atoms with Crippen LogP contribution in [0.1, 0.15) is 19.3 Å². The molecular weight excluding hydrogens is 124 g/mol. The topological polar surface area (TPSA) is 17.1 Å². The van der Waals surface area contributed by atoms with E-state index in [0.717, 1.165) is 25.5 Å². The van der Waals surface area contributed by atoms with Crippen molar-refractivity contribution in [3.8, 4) is 0 Å². The van der Waals surface area contributed by atoms with Crippen molar-refractivity contribution in [2.45, 2.75) is 19.3 Å². The number of hydrogen-bond donors (Lipinski definition) is 0. The summed E-state index contributed by atoms with van der Waals surface area (Å²) in [6.45, 7) is 3.68. The van der Waals surface area contributed by atoms with Crippen molar-refractivity contribution >= 4 is 6.29 Å². The second-order valence-corrected chi connectivity index (χ2v) is 2.65. The van der Waals surface area contributed by atoms with E-state index in [0.29, 0.717) is 0 Å². The highest BCUT2D eigenvalue weighted by atomic mass is 16.1. The first-order valence-electron chi connectivity index (χ1n) is 3.63. The third kappa shape index (κ3) is 1.56. The molecule has 0 aromatic carbocycles. The summed E-state index contributed by atoms with van der Waals surface area (Å²) in [6.07, 6.45) is 7.96. The van der Waals surface area contributed by atoms with E-state index in [4.69, 9.17) is 0 Å². The van der Waals surface area contributed by atoms with Gasteiger partial charge in [-0.3, -0.25) is 0 Å². The quantitative estimate of drug-likeness (QED) is 0.531. The van der Waals surface area contributed by atoms with E-state index in [1.165, 1.54) is 5.57 Å². The fourth-order valence-corrected chi connectivity index (χ4v) is 1.18. The second-order valence-electron chi connectivity index (χ2n) is 2.65. The monoisotopic (exact) mass is 136 g/mol. The highest BCUT2D eigenvalue weighted by Crippen LogP contribution is 2.21. The van der Waals surface area contributed by atoms with E-state index in [2.05, 4.69) is 12.7 Å². The molecule has 0 amide bonds. The summed E-state index contributed by atoms with van der Waals surface area (Å²) < 4.78 is 0. The Bertz CT molecular complexity index is 168. The van der Waals surface area contributed by atoms with Crippen LogP contribution in [-0.2, 0) is 4.79 Å². The van der Waals surface area contributed by atoms with Crippen molar-refractivity contribution in [1.82, 2.24) is 0 Å². The summed E-state index contributed by atoms with van der Waals surface area (Å²) in [6, 6.07) is 0. The van der Waals surface area contributed by atoms with Gasteiger partial charge in [0.05, 0.1) is 0 Å². The van der Waals surface area contributed by atoms with E-state index >= 15 is 0 Å². The van der Waals surface area contributed by atoms with Crippen LogP contribution in [0.25, 0.3) is 0 Å². The van der Waals surface area contributed by atoms with Crippen molar-refractivity contribution in [1.29, 1.82) is 0 Å². The molecule has 0 bridgehead atoms. The molecule has 10 heavy (non-hydrogen) atoms. The molecule has 0 N–H and O–H groups in total. The molecule has 1 heteroatoms. The Morgan fingerprint density at radius 2 is 2.50 bits per heavy atom. The van der Waals surface area contributed by atoms with Crippen LogP contribution in [0, 0.1) is 5.92 Å². The maximum absolute atomic E-state index is 10.3. The van der Waals surface area contributed by atoms with Crippen molar-refractivity contribution in [2.24, 2.45) is 5.92 Å². The van der Waals surface area contributed by atoms with Crippen LogP contribution in [0.15, 0.2) is 24.3 Å². The van der Waals surface area contributed by atoms with E-state index in [1.54, 1.807) is 0 Å². The summed E-state index contributed by atoms with van der Waals surface area (Å²) >= 11 is 0. The van der Waals surface area contributed by atoms with E-state index in [9.17, 15) is 4.79 Å². The molecule has 0 aliphatic heterocycles. The zero-order chi connectivity index (χ0) is 7.40. The Labute approximate surface area is 61.4 Å². The normalized spacial score (nSPS) is 25.2. The summed E-state index contributed by atoms with van der Waals surface area (Å²) in [7, 11) is 0. The predicted molar refractivity (Wildman–Crippen MR) is 41.7 cm³/mol. The van der Waals surface area contributed by atoms with Gasteiger partial charge >= 0.3 is 0 Å². The molecule has 1 atom stereocenters. The lowest BCUT2D eigenvalue weighted by atomic mass is 9.91. The first-order chi connectivity index (χ1) is 4.86. The van der Waals surface area contributed by atoms with Gasteiger partial charge in [-0.2, -0.15) is 0 Å². The van der Waals surface area contributed by atoms with Gasteiger partial charge in [0.15, 0.2) is 0 Å². The largest absolute Gasteiger partial charge is 0.303 e. The van der Waals surface area contributed by atoms with Crippen molar-refractivity contribution < 1.29 is 4.79 Å². The first kappa shape index (κ1) is 7.26. The van der Waals surface area contributed by atoms with Gasteiger partial charge in [0.2, 0.25) is 0 Å². The Morgan fingerprint density at radius 1 is 1.70 bits per heavy atom. The van der Waals surface area contributed by atoms with Gasteiger partial charge in [-0.1, -0.05) is 24.3 Å². The van der Waals surface area contributed by atoms with Crippen molar-refractivity contribution in [3.05, 3.63) is 24.3 Å². The average molecular weight is 136 g/mol. The smallest absolute Gasteiger partial charge is 0.123 e. The number of carbonyl (C=O) groups excluding carboxylic acids is 1. The Hall–Kier alpha value is -0.850. The van der Waals surface area contributed by atoms with Gasteiger partial charge in [-0.15, -0.1) is 0 Å². The molecule has 1 rings (SSSR count). The minimum absolute atomic E-state index is 0.267. The number of rotatable bonds is 2. The molecule has 0 saturated heterocycles. The molecule has 1 aliphatic rings. The van der Waals surface area contributed by atoms with Crippen LogP contribution < -0.4 is 0 Å². The molecule has 0 saturated carbocycles. The minimum atomic E-state index is 0.267. The van der Waals surface area contributed by atoms with Gasteiger partial charge in [0.25, 0.3) is 0 Å². The lowest BCUT2D eigenvalue weighted by Crippen LogP contribution is -2.05. The van der Waals surface area contributed by atoms with Crippen LogP contribution in [0.5, 0.6) is 0 Å². The molecule has 0 heterocycles. The fraction of sp³-hybridized carbons (Fsp3) is 0.444. The third-order valence-electron chi connectivity index (χ3n) is 1.94. The van der Waals surface area contributed by atoms with Crippen molar-refractivity contribution in [3.63, 3.8) is 0 Å². The average Bonchev–Trinajstić information content (AvgIpc) is 2.05. The lowest BCUT2D eigenvalue weighted by molar-refractivity contribution is -0.111. The van der Waals surface area contributed by atoms with Crippen LogP contribution in [0.2, 0.25) is 0 Å². The molecule has 54 valence electrons. The molecule has 0 aromatic rings. The minimum Gasteiger partial charge on any atom is -0.303 e. The van der Waals surface area contributed by atoms with Gasteiger partial charge < -0.3 is 4.79 Å². The Kier molecular flexibility index (Phi) is 2.43. The summed E-state index contributed by atoms with van der Waals surface area (Å²) in [5, 5.41) is 0. The lowest BCUT2D eigenvalue weighted by Gasteiger charge is -2.13. The molecular formula is C9H12O. The number of aldehydes is 1. The van der Waals surface area contributed by atoms with Gasteiger partial charge in [-0.25, -0.2) is 0 Å². The van der Waals surface area contributed by atoms with Crippen molar-refractivity contribution in [2.75, 3.05) is 0 Å². The second kappa shape index (κ2) is 3.35. The third-order valence-corrected chi connectivity index (χ3v) is 1.94. The van der Waals surface area contributed by atoms with Gasteiger partial charge in [0.1, 0.15) is 6.29 Å². The Balaban J connectivity index is 2.51. The van der Waals surface area contributed by atoms with Crippen LogP contribution >= 0.6 is 0 Å². The van der Waals surface area contributed by atoms with Crippen LogP contribution in [0.3, 0.4) is 0 Å². The fourth-order valence-electron chi connectivity index (χ4n) is 1.18. The Morgan fingerprint density at radius 3 is 2.90 bits per heavy atom. The summed E-state index contributed by atoms with van der Waals surface area (Å²) in [4.78, 5) is 10.3. The van der Waals surface area contributed by atoms with E-state index < -0.39 is 0 Å². The highest BCUT2D eigenvalue weighted by Gasteiger charge is 2.10. The summed E-state index contributed by atoms with van der Waals surface area (Å²) in [5.74, 6) is 0.267. The number of carbonyl (C=O) groups is 1. The zero-order valence-electron chi connectivity index (χ0n) is 6.05. The first-order valence-corrected chi connectivity index (χ1v) is 3.63. The molecule has 0 aromatic heterocycles. The highest BCUT2D eigenvalue weighted by molar-refractivity contribution is 5.54. The standard InChI is InChI=1S/C9H12O/c1-2-8-3-5-9(7-10)6-4-8/h2-3,7,9H,1,4-6H2.